The summed E-state index contributed by atoms with van der Waals surface area (Å²) in [5.74, 6) is 0.270. The molecule has 4 heterocycles. The number of Topliss-reactive ketones (excluding diaryl/α,β-unsaturated/α-hetero) is 1. The van der Waals surface area contributed by atoms with Gasteiger partial charge in [-0.3, -0.25) is 4.79 Å². The van der Waals surface area contributed by atoms with Gasteiger partial charge in [0.15, 0.2) is 11.4 Å². The van der Waals surface area contributed by atoms with E-state index in [-0.39, 0.29) is 23.9 Å². The normalized spacial score (nSPS) is 29.8. The molecule has 2 atom stereocenters. The highest BCUT2D eigenvalue weighted by Crippen LogP contribution is 2.37. The standard InChI is InChI=1S/C14H15N3O2/c18-14(9-5-11-1-2-12(6-9)19-11)10-7-15-13-3-4-16-17(13)8-10/h3-4,7-9,11-12H,1-2,5-6H2. The van der Waals surface area contributed by atoms with Gasteiger partial charge in [0, 0.05) is 24.4 Å². The lowest BCUT2D eigenvalue weighted by Gasteiger charge is -2.27. The van der Waals surface area contributed by atoms with Crippen molar-refractivity contribution in [1.29, 1.82) is 0 Å². The van der Waals surface area contributed by atoms with Crippen LogP contribution in [0.5, 0.6) is 0 Å². The summed E-state index contributed by atoms with van der Waals surface area (Å²) in [6.07, 6.45) is 9.61. The van der Waals surface area contributed by atoms with Crippen molar-refractivity contribution in [1.82, 2.24) is 14.6 Å². The Balaban J connectivity index is 1.62. The molecule has 2 aliphatic heterocycles. The molecule has 2 aromatic rings. The summed E-state index contributed by atoms with van der Waals surface area (Å²) >= 11 is 0. The Bertz CT molecular complexity index is 624. The van der Waals surface area contributed by atoms with Crippen molar-refractivity contribution in [2.24, 2.45) is 5.92 Å². The van der Waals surface area contributed by atoms with Gasteiger partial charge >= 0.3 is 0 Å². The molecule has 2 aromatic heterocycles. The van der Waals surface area contributed by atoms with Crippen molar-refractivity contribution in [3.63, 3.8) is 0 Å². The molecule has 2 fully saturated rings. The predicted octanol–water partition coefficient (Wildman–Crippen LogP) is 1.87. The molecule has 0 saturated carbocycles. The van der Waals surface area contributed by atoms with E-state index in [9.17, 15) is 4.79 Å². The number of hydrogen-bond acceptors (Lipinski definition) is 4. The fourth-order valence-electron chi connectivity index (χ4n) is 3.24. The quantitative estimate of drug-likeness (QED) is 0.771. The fourth-order valence-corrected chi connectivity index (χ4v) is 3.24. The smallest absolute Gasteiger partial charge is 0.169 e. The number of fused-ring (bicyclic) bond motifs is 3. The second-order valence-corrected chi connectivity index (χ2v) is 5.47. The molecule has 5 nitrogen and oxygen atoms in total. The highest BCUT2D eigenvalue weighted by atomic mass is 16.5. The Morgan fingerprint density at radius 3 is 2.89 bits per heavy atom. The molecule has 0 N–H and O–H groups in total. The first-order valence-corrected chi connectivity index (χ1v) is 6.78. The van der Waals surface area contributed by atoms with E-state index in [4.69, 9.17) is 4.74 Å². The summed E-state index contributed by atoms with van der Waals surface area (Å²) in [5.41, 5.74) is 1.42. The summed E-state index contributed by atoms with van der Waals surface area (Å²) in [4.78, 5) is 16.8. The van der Waals surface area contributed by atoms with E-state index in [1.54, 1.807) is 23.1 Å². The van der Waals surface area contributed by atoms with Crippen LogP contribution in [0.4, 0.5) is 0 Å². The maximum atomic E-state index is 12.5. The molecule has 19 heavy (non-hydrogen) atoms. The molecule has 0 amide bonds. The molecule has 0 aromatic carbocycles. The maximum Gasteiger partial charge on any atom is 0.169 e. The number of aromatic nitrogens is 3. The van der Waals surface area contributed by atoms with Gasteiger partial charge in [-0.25, -0.2) is 9.50 Å². The minimum atomic E-state index is 0.0843. The third-order valence-corrected chi connectivity index (χ3v) is 4.19. The Hall–Kier alpha value is -1.75. The lowest BCUT2D eigenvalue weighted by atomic mass is 9.89. The fraction of sp³-hybridized carbons (Fsp3) is 0.500. The number of ketones is 1. The van der Waals surface area contributed by atoms with Crippen LogP contribution in [0.1, 0.15) is 36.0 Å². The van der Waals surface area contributed by atoms with Gasteiger partial charge in [0.2, 0.25) is 0 Å². The Morgan fingerprint density at radius 2 is 2.11 bits per heavy atom. The third kappa shape index (κ3) is 1.85. The van der Waals surface area contributed by atoms with Gasteiger partial charge in [-0.2, -0.15) is 5.10 Å². The van der Waals surface area contributed by atoms with Crippen LogP contribution in [0.25, 0.3) is 5.65 Å². The summed E-state index contributed by atoms with van der Waals surface area (Å²) in [6, 6.07) is 1.82. The highest BCUT2D eigenvalue weighted by molar-refractivity contribution is 5.97. The van der Waals surface area contributed by atoms with Crippen molar-refractivity contribution in [2.45, 2.75) is 37.9 Å². The van der Waals surface area contributed by atoms with Gasteiger partial charge in [-0.15, -0.1) is 0 Å². The molecule has 2 aliphatic rings. The molecule has 4 rings (SSSR count). The molecule has 0 aliphatic carbocycles. The van der Waals surface area contributed by atoms with E-state index in [0.717, 1.165) is 31.3 Å². The molecule has 5 heteroatoms. The van der Waals surface area contributed by atoms with Gasteiger partial charge < -0.3 is 4.74 Å². The minimum Gasteiger partial charge on any atom is -0.375 e. The van der Waals surface area contributed by atoms with Crippen LogP contribution in [0.2, 0.25) is 0 Å². The summed E-state index contributed by atoms with van der Waals surface area (Å²) in [5, 5.41) is 4.13. The topological polar surface area (TPSA) is 56.5 Å². The zero-order valence-corrected chi connectivity index (χ0v) is 10.5. The molecular formula is C14H15N3O2. The zero-order chi connectivity index (χ0) is 12.8. The minimum absolute atomic E-state index is 0.0843. The Labute approximate surface area is 110 Å². The van der Waals surface area contributed by atoms with E-state index in [1.165, 1.54) is 0 Å². The van der Waals surface area contributed by atoms with Crippen LogP contribution in [-0.2, 0) is 4.74 Å². The molecular weight excluding hydrogens is 242 g/mol. The molecule has 2 bridgehead atoms. The van der Waals surface area contributed by atoms with E-state index in [2.05, 4.69) is 10.1 Å². The second kappa shape index (κ2) is 4.13. The summed E-state index contributed by atoms with van der Waals surface area (Å²) in [6.45, 7) is 0. The maximum absolute atomic E-state index is 12.5. The lowest BCUT2D eigenvalue weighted by Crippen LogP contribution is -2.30. The first kappa shape index (κ1) is 11.1. The molecule has 2 saturated heterocycles. The summed E-state index contributed by atoms with van der Waals surface area (Å²) in [7, 11) is 0. The van der Waals surface area contributed by atoms with Crippen LogP contribution in [0, 0.1) is 5.92 Å². The van der Waals surface area contributed by atoms with E-state index < -0.39 is 0 Å². The van der Waals surface area contributed by atoms with Gasteiger partial charge in [0.1, 0.15) is 0 Å². The second-order valence-electron chi connectivity index (χ2n) is 5.47. The number of ether oxygens (including phenoxy) is 1. The third-order valence-electron chi connectivity index (χ3n) is 4.19. The van der Waals surface area contributed by atoms with Crippen molar-refractivity contribution in [3.8, 4) is 0 Å². The zero-order valence-electron chi connectivity index (χ0n) is 10.5. The average molecular weight is 257 g/mol. The monoisotopic (exact) mass is 257 g/mol. The van der Waals surface area contributed by atoms with Gasteiger partial charge in [0.05, 0.1) is 24.0 Å². The van der Waals surface area contributed by atoms with Gasteiger partial charge in [-0.05, 0) is 25.7 Å². The number of nitrogens with zero attached hydrogens (tertiary/aromatic N) is 3. The van der Waals surface area contributed by atoms with Gasteiger partial charge in [-0.1, -0.05) is 0 Å². The first-order valence-electron chi connectivity index (χ1n) is 6.78. The van der Waals surface area contributed by atoms with Crippen LogP contribution in [0.15, 0.2) is 24.7 Å². The van der Waals surface area contributed by atoms with E-state index in [1.807, 2.05) is 6.07 Å². The number of carbonyl (C=O) groups is 1. The van der Waals surface area contributed by atoms with Crippen molar-refractivity contribution >= 4 is 11.4 Å². The predicted molar refractivity (Wildman–Crippen MR) is 67.9 cm³/mol. The first-order chi connectivity index (χ1) is 9.29. The van der Waals surface area contributed by atoms with Crippen LogP contribution in [-0.4, -0.2) is 32.6 Å². The largest absolute Gasteiger partial charge is 0.375 e. The summed E-state index contributed by atoms with van der Waals surface area (Å²) < 4.78 is 7.44. The van der Waals surface area contributed by atoms with Gasteiger partial charge in [0.25, 0.3) is 0 Å². The van der Waals surface area contributed by atoms with Crippen LogP contribution in [0.3, 0.4) is 0 Å². The van der Waals surface area contributed by atoms with Crippen molar-refractivity contribution in [2.75, 3.05) is 0 Å². The lowest BCUT2D eigenvalue weighted by molar-refractivity contribution is -0.0149. The highest BCUT2D eigenvalue weighted by Gasteiger charge is 2.38. The molecule has 0 radical (unpaired) electrons. The van der Waals surface area contributed by atoms with Crippen molar-refractivity contribution in [3.05, 3.63) is 30.2 Å². The Kier molecular flexibility index (Phi) is 2.41. The number of rotatable bonds is 2. The number of hydrogen-bond donors (Lipinski definition) is 0. The van der Waals surface area contributed by atoms with E-state index >= 15 is 0 Å². The molecule has 98 valence electrons. The SMILES string of the molecule is O=C(c1cnc2ccnn2c1)C1CC2CCC(C1)O2. The van der Waals surface area contributed by atoms with Crippen LogP contribution >= 0.6 is 0 Å². The Morgan fingerprint density at radius 1 is 1.32 bits per heavy atom. The number of carbonyl (C=O) groups excluding carboxylic acids is 1. The molecule has 2 unspecified atom stereocenters. The van der Waals surface area contributed by atoms with Crippen molar-refractivity contribution < 1.29 is 9.53 Å². The van der Waals surface area contributed by atoms with Crippen LogP contribution < -0.4 is 0 Å². The molecule has 0 spiro atoms. The van der Waals surface area contributed by atoms with E-state index in [0.29, 0.717) is 5.56 Å². The average Bonchev–Trinajstić information content (AvgIpc) is 3.03.